The van der Waals surface area contributed by atoms with Crippen molar-refractivity contribution in [2.45, 2.75) is 11.8 Å². The maximum Gasteiger partial charge on any atom is 0.269 e. The molecule has 0 heterocycles. The summed E-state index contributed by atoms with van der Waals surface area (Å²) in [5.41, 5.74) is 1.56. The number of rotatable bonds is 4. The minimum absolute atomic E-state index is 0.0330. The monoisotopic (exact) mass is 429 g/mol. The molecule has 5 nitrogen and oxygen atoms in total. The van der Waals surface area contributed by atoms with Crippen molar-refractivity contribution in [3.63, 3.8) is 0 Å². The van der Waals surface area contributed by atoms with Crippen LogP contribution in [0, 0.1) is 17.0 Å². The second kappa shape index (κ2) is 6.57. The lowest BCUT2D eigenvalue weighted by Gasteiger charge is -2.03. The van der Waals surface area contributed by atoms with E-state index >= 15 is 0 Å². The highest BCUT2D eigenvalue weighted by Gasteiger charge is 2.13. The van der Waals surface area contributed by atoms with Crippen LogP contribution in [0.3, 0.4) is 0 Å². The minimum atomic E-state index is -3.55. The highest BCUT2D eigenvalue weighted by Crippen LogP contribution is 2.27. The highest BCUT2D eigenvalue weighted by atomic mass is 127. The number of hydrogen-bond acceptors (Lipinski definition) is 4. The Bertz CT molecular complexity index is 825. The Morgan fingerprint density at radius 3 is 2.14 bits per heavy atom. The van der Waals surface area contributed by atoms with E-state index in [1.165, 1.54) is 29.7 Å². The Morgan fingerprint density at radius 2 is 1.64 bits per heavy atom. The van der Waals surface area contributed by atoms with Crippen molar-refractivity contribution in [2.24, 2.45) is 0 Å². The molecule has 22 heavy (non-hydrogen) atoms. The summed E-state index contributed by atoms with van der Waals surface area (Å²) in [6, 6.07) is 12.3. The summed E-state index contributed by atoms with van der Waals surface area (Å²) in [5.74, 6) is 0. The molecule has 0 spiro atoms. The van der Waals surface area contributed by atoms with Crippen molar-refractivity contribution in [3.8, 4) is 0 Å². The van der Waals surface area contributed by atoms with Gasteiger partial charge < -0.3 is 0 Å². The first-order valence-electron chi connectivity index (χ1n) is 6.23. The van der Waals surface area contributed by atoms with Crippen molar-refractivity contribution in [3.05, 3.63) is 75.2 Å². The summed E-state index contributed by atoms with van der Waals surface area (Å²) >= 11 is 1.91. The van der Waals surface area contributed by atoms with Gasteiger partial charge in [-0.15, -0.1) is 0 Å². The average Bonchev–Trinajstić information content (AvgIpc) is 2.47. The zero-order valence-electron chi connectivity index (χ0n) is 11.6. The molecule has 2 rings (SSSR count). The third-order valence-electron chi connectivity index (χ3n) is 2.96. The van der Waals surface area contributed by atoms with Crippen molar-refractivity contribution in [1.82, 2.24) is 0 Å². The molecule has 0 radical (unpaired) electrons. The molecule has 0 aromatic heterocycles. The van der Waals surface area contributed by atoms with Gasteiger partial charge in [-0.1, -0.05) is 17.7 Å². The molecule has 0 unspecified atom stereocenters. The normalized spacial score (nSPS) is 12.2. The SMILES string of the molecule is Cc1ccc(S(=O)(=O)/C=C(/I)c2ccc([N+](=O)[O-])cc2)cc1. The smallest absolute Gasteiger partial charge is 0.258 e. The Labute approximate surface area is 141 Å². The molecule has 0 fully saturated rings. The molecule has 0 saturated heterocycles. The van der Waals surface area contributed by atoms with E-state index in [-0.39, 0.29) is 10.6 Å². The standard InChI is InChI=1S/C15H12INO4S/c1-11-2-8-14(9-3-11)22(20,21)10-15(16)12-4-6-13(7-5-12)17(18)19/h2-10H,1H3/b15-10+. The predicted octanol–water partition coefficient (Wildman–Crippen LogP) is 4.11. The molecule has 0 amide bonds. The van der Waals surface area contributed by atoms with Gasteiger partial charge in [-0.25, -0.2) is 8.42 Å². The first kappa shape index (κ1) is 16.6. The second-order valence-electron chi connectivity index (χ2n) is 4.63. The summed E-state index contributed by atoms with van der Waals surface area (Å²) < 4.78 is 25.1. The fourth-order valence-corrected chi connectivity index (χ4v) is 4.17. The maximum atomic E-state index is 12.3. The lowest BCUT2D eigenvalue weighted by Crippen LogP contribution is -1.97. The number of non-ortho nitro benzene ring substituents is 1. The molecular weight excluding hydrogens is 417 g/mol. The molecular formula is C15H12INO4S. The zero-order chi connectivity index (χ0) is 16.3. The van der Waals surface area contributed by atoms with Crippen molar-refractivity contribution < 1.29 is 13.3 Å². The number of nitrogens with zero attached hydrogens (tertiary/aromatic N) is 1. The van der Waals surface area contributed by atoms with Crippen LogP contribution in [0.4, 0.5) is 5.69 Å². The van der Waals surface area contributed by atoms with Crippen LogP contribution in [-0.4, -0.2) is 13.3 Å². The molecule has 0 saturated carbocycles. The van der Waals surface area contributed by atoms with Gasteiger partial charge in [0.15, 0.2) is 0 Å². The Hall–Kier alpha value is -1.74. The molecule has 114 valence electrons. The molecule has 2 aromatic rings. The van der Waals surface area contributed by atoms with Crippen LogP contribution in [0.2, 0.25) is 0 Å². The van der Waals surface area contributed by atoms with E-state index in [2.05, 4.69) is 0 Å². The van der Waals surface area contributed by atoms with Gasteiger partial charge in [-0.3, -0.25) is 10.1 Å². The number of nitro groups is 1. The van der Waals surface area contributed by atoms with Gasteiger partial charge in [0.1, 0.15) is 0 Å². The molecule has 0 aliphatic rings. The first-order chi connectivity index (χ1) is 10.3. The van der Waals surface area contributed by atoms with E-state index in [1.54, 1.807) is 24.3 Å². The van der Waals surface area contributed by atoms with Gasteiger partial charge in [0, 0.05) is 21.1 Å². The third-order valence-corrected chi connectivity index (χ3v) is 5.79. The van der Waals surface area contributed by atoms with Gasteiger partial charge in [-0.2, -0.15) is 0 Å². The summed E-state index contributed by atoms with van der Waals surface area (Å²) in [4.78, 5) is 10.3. The molecule has 0 bridgehead atoms. The lowest BCUT2D eigenvalue weighted by atomic mass is 10.2. The van der Waals surface area contributed by atoms with Gasteiger partial charge in [0.2, 0.25) is 9.84 Å². The number of nitro benzene ring substituents is 1. The third kappa shape index (κ3) is 3.92. The molecule has 0 aliphatic carbocycles. The van der Waals surface area contributed by atoms with Crippen molar-refractivity contribution in [2.75, 3.05) is 0 Å². The van der Waals surface area contributed by atoms with Crippen LogP contribution in [-0.2, 0) is 9.84 Å². The zero-order valence-corrected chi connectivity index (χ0v) is 14.5. The van der Waals surface area contributed by atoms with Crippen molar-refractivity contribution in [1.29, 1.82) is 0 Å². The van der Waals surface area contributed by atoms with Crippen molar-refractivity contribution >= 4 is 41.7 Å². The number of sulfone groups is 1. The molecule has 2 aromatic carbocycles. The summed E-state index contributed by atoms with van der Waals surface area (Å²) in [7, 11) is -3.55. The van der Waals surface area contributed by atoms with Crippen LogP contribution >= 0.6 is 22.6 Å². The average molecular weight is 429 g/mol. The van der Waals surface area contributed by atoms with E-state index in [0.717, 1.165) is 5.56 Å². The van der Waals surface area contributed by atoms with Crippen LogP contribution in [0.15, 0.2) is 58.8 Å². The van der Waals surface area contributed by atoms with Gasteiger partial charge in [0.05, 0.1) is 9.82 Å². The summed E-state index contributed by atoms with van der Waals surface area (Å²) in [6.45, 7) is 1.88. The number of aryl methyl sites for hydroxylation is 1. The second-order valence-corrected chi connectivity index (χ2v) is 7.59. The quantitative estimate of drug-likeness (QED) is 0.417. The van der Waals surface area contributed by atoms with E-state index in [4.69, 9.17) is 0 Å². The van der Waals surface area contributed by atoms with Gasteiger partial charge >= 0.3 is 0 Å². The first-order valence-corrected chi connectivity index (χ1v) is 8.86. The van der Waals surface area contributed by atoms with Crippen LogP contribution in [0.1, 0.15) is 11.1 Å². The Kier molecular flexibility index (Phi) is 4.97. The van der Waals surface area contributed by atoms with E-state index < -0.39 is 14.8 Å². The molecule has 0 atom stereocenters. The van der Waals surface area contributed by atoms with Crippen LogP contribution in [0.25, 0.3) is 3.58 Å². The highest BCUT2D eigenvalue weighted by molar-refractivity contribution is 14.1. The van der Waals surface area contributed by atoms with Gasteiger partial charge in [0.25, 0.3) is 5.69 Å². The van der Waals surface area contributed by atoms with E-state index in [1.807, 2.05) is 29.5 Å². The molecule has 0 N–H and O–H groups in total. The Morgan fingerprint density at radius 1 is 1.09 bits per heavy atom. The number of benzene rings is 2. The number of hydrogen-bond donors (Lipinski definition) is 0. The fourth-order valence-electron chi connectivity index (χ4n) is 1.74. The summed E-state index contributed by atoms with van der Waals surface area (Å²) in [6.07, 6.45) is 0. The van der Waals surface area contributed by atoms with E-state index in [0.29, 0.717) is 9.14 Å². The molecule has 7 heteroatoms. The Balaban J connectivity index is 2.34. The van der Waals surface area contributed by atoms with Gasteiger partial charge in [-0.05, 0) is 59.3 Å². The van der Waals surface area contributed by atoms with Crippen LogP contribution in [0.5, 0.6) is 0 Å². The maximum absolute atomic E-state index is 12.3. The summed E-state index contributed by atoms with van der Waals surface area (Å²) in [5, 5.41) is 11.8. The largest absolute Gasteiger partial charge is 0.269 e. The molecule has 0 aliphatic heterocycles. The predicted molar refractivity (Wildman–Crippen MR) is 93.5 cm³/mol. The lowest BCUT2D eigenvalue weighted by molar-refractivity contribution is -0.384. The van der Waals surface area contributed by atoms with E-state index in [9.17, 15) is 18.5 Å². The topological polar surface area (TPSA) is 77.3 Å². The fraction of sp³-hybridized carbons (Fsp3) is 0.0667. The van der Waals surface area contributed by atoms with Crippen LogP contribution < -0.4 is 0 Å². The number of halogens is 1. The minimum Gasteiger partial charge on any atom is -0.258 e.